The average Bonchev–Trinajstić information content (AvgIpc) is 2.05. The number of nitro groups is 1. The number of rotatable bonds is 2. The van der Waals surface area contributed by atoms with Crippen molar-refractivity contribution in [1.29, 1.82) is 0 Å². The Morgan fingerprint density at radius 1 is 1.62 bits per heavy atom. The van der Waals surface area contributed by atoms with Gasteiger partial charge in [0.25, 0.3) is 5.69 Å². The van der Waals surface area contributed by atoms with Gasteiger partial charge in [0.15, 0.2) is 0 Å². The third kappa shape index (κ3) is 3.52. The van der Waals surface area contributed by atoms with Crippen molar-refractivity contribution in [3.63, 3.8) is 0 Å². The van der Waals surface area contributed by atoms with Crippen molar-refractivity contribution in [2.45, 2.75) is 9.79 Å². The maximum atomic E-state index is 10.4. The number of benzene rings is 1. The van der Waals surface area contributed by atoms with E-state index in [1.807, 2.05) is 6.26 Å². The maximum absolute atomic E-state index is 10.4. The van der Waals surface area contributed by atoms with Crippen LogP contribution in [0.25, 0.3) is 0 Å². The first-order valence-electron chi connectivity index (χ1n) is 3.16. The molecular weight excluding hydrogens is 217 g/mol. The molecule has 0 aliphatic heterocycles. The summed E-state index contributed by atoms with van der Waals surface area (Å²) in [5.41, 5.74) is 0.0604. The Morgan fingerprint density at radius 3 is 2.69 bits per heavy atom. The van der Waals surface area contributed by atoms with E-state index in [1.54, 1.807) is 12.1 Å². The van der Waals surface area contributed by atoms with Gasteiger partial charge in [-0.25, -0.2) is 0 Å². The van der Waals surface area contributed by atoms with Crippen molar-refractivity contribution in [2.75, 3.05) is 6.26 Å². The van der Waals surface area contributed by atoms with E-state index in [4.69, 9.17) is 0 Å². The molecule has 0 N–H and O–H groups in total. The second kappa shape index (κ2) is 5.93. The molecule has 1 aromatic rings. The second-order valence-corrected chi connectivity index (χ2v) is 3.47. The molecular formula is C7H8NNaO2S2. The third-order valence-corrected chi connectivity index (χ3v) is 2.48. The fourth-order valence-electron chi connectivity index (χ4n) is 0.776. The first kappa shape index (κ1) is 13.3. The van der Waals surface area contributed by atoms with Crippen LogP contribution in [0.5, 0.6) is 0 Å². The molecule has 0 bridgehead atoms. The van der Waals surface area contributed by atoms with Crippen molar-refractivity contribution >= 4 is 30.1 Å². The van der Waals surface area contributed by atoms with Gasteiger partial charge in [0.2, 0.25) is 0 Å². The molecule has 1 aromatic carbocycles. The standard InChI is InChI=1S/C7H7NO2S2.Na.H/c1-12-5-2-3-7(11)6(4-5)8(9)10;;/h2-4,11H,1H3;;/q;+1;-1. The Morgan fingerprint density at radius 2 is 2.23 bits per heavy atom. The molecule has 0 atom stereocenters. The molecule has 0 aliphatic rings. The predicted molar refractivity (Wildman–Crippen MR) is 53.2 cm³/mol. The SMILES string of the molecule is CSc1ccc(S)c([N+](=O)[O-])c1.[H-].[Na+]. The van der Waals surface area contributed by atoms with Crippen molar-refractivity contribution < 1.29 is 35.9 Å². The van der Waals surface area contributed by atoms with E-state index >= 15 is 0 Å². The Balaban J connectivity index is 0. The van der Waals surface area contributed by atoms with Crippen LogP contribution in [0, 0.1) is 10.1 Å². The quantitative estimate of drug-likeness (QED) is 0.247. The largest absolute Gasteiger partial charge is 1.00 e. The molecule has 0 saturated carbocycles. The van der Waals surface area contributed by atoms with Gasteiger partial charge in [-0.15, -0.1) is 24.4 Å². The third-order valence-electron chi connectivity index (χ3n) is 1.38. The molecule has 0 unspecified atom stereocenters. The van der Waals surface area contributed by atoms with Crippen LogP contribution in [0.15, 0.2) is 28.0 Å². The van der Waals surface area contributed by atoms with Gasteiger partial charge in [-0.3, -0.25) is 10.1 Å². The monoisotopic (exact) mass is 225 g/mol. The topological polar surface area (TPSA) is 43.1 Å². The molecule has 0 heterocycles. The summed E-state index contributed by atoms with van der Waals surface area (Å²) in [6, 6.07) is 4.96. The summed E-state index contributed by atoms with van der Waals surface area (Å²) in [5.74, 6) is 0. The van der Waals surface area contributed by atoms with Crippen LogP contribution in [0.2, 0.25) is 0 Å². The van der Waals surface area contributed by atoms with Gasteiger partial charge in [0.05, 0.1) is 9.82 Å². The Bertz CT molecular complexity index is 325. The summed E-state index contributed by atoms with van der Waals surface area (Å²) in [5, 5.41) is 10.4. The number of thiol groups is 1. The van der Waals surface area contributed by atoms with Crippen molar-refractivity contribution in [3.8, 4) is 0 Å². The van der Waals surface area contributed by atoms with Gasteiger partial charge in [-0.2, -0.15) is 0 Å². The summed E-state index contributed by atoms with van der Waals surface area (Å²) in [6.45, 7) is 0. The van der Waals surface area contributed by atoms with Gasteiger partial charge in [-0.05, 0) is 18.4 Å². The Kier molecular flexibility index (Phi) is 6.07. The average molecular weight is 225 g/mol. The molecule has 0 radical (unpaired) electrons. The minimum absolute atomic E-state index is 0. The zero-order chi connectivity index (χ0) is 9.14. The molecule has 0 spiro atoms. The van der Waals surface area contributed by atoms with E-state index in [9.17, 15) is 10.1 Å². The van der Waals surface area contributed by atoms with Crippen LogP contribution in [0.1, 0.15) is 1.43 Å². The minimum Gasteiger partial charge on any atom is -1.00 e. The summed E-state index contributed by atoms with van der Waals surface area (Å²) in [7, 11) is 0. The van der Waals surface area contributed by atoms with Gasteiger partial charge in [0, 0.05) is 11.0 Å². The summed E-state index contributed by atoms with van der Waals surface area (Å²) < 4.78 is 0. The van der Waals surface area contributed by atoms with Crippen molar-refractivity contribution in [3.05, 3.63) is 28.3 Å². The normalized spacial score (nSPS) is 9.08. The van der Waals surface area contributed by atoms with Crippen LogP contribution in [0.3, 0.4) is 0 Å². The zero-order valence-corrected chi connectivity index (χ0v) is 11.1. The molecule has 1 rings (SSSR count). The van der Waals surface area contributed by atoms with E-state index in [1.165, 1.54) is 17.8 Å². The Labute approximate surface area is 110 Å². The summed E-state index contributed by atoms with van der Waals surface area (Å²) in [6.07, 6.45) is 1.87. The molecule has 13 heavy (non-hydrogen) atoms. The van der Waals surface area contributed by atoms with E-state index in [-0.39, 0.29) is 36.7 Å². The fourth-order valence-corrected chi connectivity index (χ4v) is 1.43. The molecule has 6 heteroatoms. The van der Waals surface area contributed by atoms with Crippen LogP contribution >= 0.6 is 24.4 Å². The minimum atomic E-state index is -0.429. The molecule has 0 fully saturated rings. The molecule has 0 amide bonds. The van der Waals surface area contributed by atoms with Crippen molar-refractivity contribution in [1.82, 2.24) is 0 Å². The first-order valence-corrected chi connectivity index (χ1v) is 4.83. The first-order chi connectivity index (χ1) is 5.65. The summed E-state index contributed by atoms with van der Waals surface area (Å²) in [4.78, 5) is 11.3. The van der Waals surface area contributed by atoms with Crippen molar-refractivity contribution in [2.24, 2.45) is 0 Å². The second-order valence-electron chi connectivity index (χ2n) is 2.11. The van der Waals surface area contributed by atoms with Crippen LogP contribution in [-0.4, -0.2) is 11.2 Å². The molecule has 0 aromatic heterocycles. The maximum Gasteiger partial charge on any atom is 1.00 e. The van der Waals surface area contributed by atoms with E-state index in [0.717, 1.165) is 4.90 Å². The van der Waals surface area contributed by atoms with E-state index < -0.39 is 4.92 Å². The predicted octanol–water partition coefficient (Wildman–Crippen LogP) is -0.278. The molecule has 3 nitrogen and oxygen atoms in total. The molecule has 0 saturated heterocycles. The zero-order valence-electron chi connectivity index (χ0n) is 8.35. The summed E-state index contributed by atoms with van der Waals surface area (Å²) >= 11 is 5.44. The number of nitro benzene ring substituents is 1. The van der Waals surface area contributed by atoms with Crippen LogP contribution < -0.4 is 29.6 Å². The van der Waals surface area contributed by atoms with Gasteiger partial charge in [0.1, 0.15) is 0 Å². The van der Waals surface area contributed by atoms with Crippen LogP contribution in [-0.2, 0) is 0 Å². The molecule has 0 aliphatic carbocycles. The van der Waals surface area contributed by atoms with Gasteiger partial charge >= 0.3 is 29.6 Å². The van der Waals surface area contributed by atoms with E-state index in [2.05, 4.69) is 12.6 Å². The van der Waals surface area contributed by atoms with Crippen LogP contribution in [0.4, 0.5) is 5.69 Å². The number of thioether (sulfide) groups is 1. The number of hydrogen-bond donors (Lipinski definition) is 1. The van der Waals surface area contributed by atoms with Gasteiger partial charge in [-0.1, -0.05) is 0 Å². The Hall–Kier alpha value is 0.320. The number of hydrogen-bond acceptors (Lipinski definition) is 4. The number of nitrogens with zero attached hydrogens (tertiary/aromatic N) is 1. The van der Waals surface area contributed by atoms with Gasteiger partial charge < -0.3 is 1.43 Å². The fraction of sp³-hybridized carbons (Fsp3) is 0.143. The van der Waals surface area contributed by atoms with E-state index in [0.29, 0.717) is 4.90 Å². The smallest absolute Gasteiger partial charge is 1.00 e. The molecule has 66 valence electrons.